The first-order valence-corrected chi connectivity index (χ1v) is 8.92. The topological polar surface area (TPSA) is 49.3 Å². The van der Waals surface area contributed by atoms with Gasteiger partial charge in [-0.1, -0.05) is 23.7 Å². The van der Waals surface area contributed by atoms with Gasteiger partial charge in [-0.25, -0.2) is 9.98 Å². The Kier molecular flexibility index (Phi) is 7.07. The van der Waals surface area contributed by atoms with Crippen LogP contribution in [0.3, 0.4) is 0 Å². The van der Waals surface area contributed by atoms with Crippen LogP contribution in [-0.4, -0.2) is 24.0 Å². The normalized spacial score (nSPS) is 12.3. The van der Waals surface area contributed by atoms with E-state index in [0.717, 1.165) is 22.3 Å². The molecule has 1 heterocycles. The highest BCUT2D eigenvalue weighted by atomic mass is 35.5. The van der Waals surface area contributed by atoms with E-state index in [0.29, 0.717) is 42.0 Å². The lowest BCUT2D eigenvalue weighted by atomic mass is 10.2. The van der Waals surface area contributed by atoms with Gasteiger partial charge in [0.15, 0.2) is 11.7 Å². The fourth-order valence-corrected chi connectivity index (χ4v) is 3.01. The number of rotatable bonds is 6. The van der Waals surface area contributed by atoms with Crippen LogP contribution in [0.2, 0.25) is 5.02 Å². The molecule has 9 heteroatoms. The molecule has 0 atom stereocenters. The number of aromatic nitrogens is 1. The van der Waals surface area contributed by atoms with Crippen molar-refractivity contribution >= 4 is 28.9 Å². The van der Waals surface area contributed by atoms with Gasteiger partial charge in [-0.2, -0.15) is 13.2 Å². The van der Waals surface area contributed by atoms with Crippen molar-refractivity contribution in [3.63, 3.8) is 0 Å². The summed E-state index contributed by atoms with van der Waals surface area (Å²) in [6.07, 6.45) is -4.00. The molecule has 0 saturated heterocycles. The SMILES string of the molecule is CCNC(=NCc1cccc(Cl)c1)NCCc1nc(C(F)(F)F)cs1. The third-order valence-electron chi connectivity index (χ3n) is 3.13. The zero-order valence-corrected chi connectivity index (χ0v) is 15.1. The smallest absolute Gasteiger partial charge is 0.357 e. The Labute approximate surface area is 153 Å². The van der Waals surface area contributed by atoms with Crippen molar-refractivity contribution in [1.82, 2.24) is 15.6 Å². The van der Waals surface area contributed by atoms with E-state index >= 15 is 0 Å². The molecule has 1 aromatic carbocycles. The van der Waals surface area contributed by atoms with Crippen molar-refractivity contribution in [3.05, 3.63) is 50.9 Å². The maximum Gasteiger partial charge on any atom is 0.434 e. The summed E-state index contributed by atoms with van der Waals surface area (Å²) in [4.78, 5) is 8.05. The number of aliphatic imine (C=N–C) groups is 1. The van der Waals surface area contributed by atoms with E-state index < -0.39 is 11.9 Å². The first-order chi connectivity index (χ1) is 11.9. The Hall–Kier alpha value is -1.80. The molecule has 0 fully saturated rings. The predicted octanol–water partition coefficient (Wildman–Crippen LogP) is 4.11. The Balaban J connectivity index is 1.88. The van der Waals surface area contributed by atoms with Crippen molar-refractivity contribution in [3.8, 4) is 0 Å². The van der Waals surface area contributed by atoms with Gasteiger partial charge in [-0.05, 0) is 24.6 Å². The molecule has 25 heavy (non-hydrogen) atoms. The zero-order valence-electron chi connectivity index (χ0n) is 13.5. The van der Waals surface area contributed by atoms with Crippen LogP contribution < -0.4 is 10.6 Å². The standard InChI is InChI=1S/C16H18ClF3N4S/c1-2-21-15(23-9-11-4-3-5-12(17)8-11)22-7-6-14-24-13(10-25-14)16(18,19)20/h3-5,8,10H,2,6-7,9H2,1H3,(H2,21,22,23). The number of benzene rings is 1. The molecule has 0 aliphatic rings. The number of halogens is 4. The number of alkyl halides is 3. The second-order valence-corrected chi connectivity index (χ2v) is 6.51. The highest BCUT2D eigenvalue weighted by Crippen LogP contribution is 2.29. The second-order valence-electron chi connectivity index (χ2n) is 5.13. The monoisotopic (exact) mass is 390 g/mol. The van der Waals surface area contributed by atoms with E-state index in [2.05, 4.69) is 20.6 Å². The summed E-state index contributed by atoms with van der Waals surface area (Å²) in [5, 5.41) is 8.30. The molecular formula is C16H18ClF3N4S. The van der Waals surface area contributed by atoms with Gasteiger partial charge in [0.1, 0.15) is 0 Å². The fraction of sp³-hybridized carbons (Fsp3) is 0.375. The first kappa shape index (κ1) is 19.5. The number of hydrogen-bond donors (Lipinski definition) is 2. The van der Waals surface area contributed by atoms with Crippen LogP contribution >= 0.6 is 22.9 Å². The third kappa shape index (κ3) is 6.55. The Morgan fingerprint density at radius 3 is 2.76 bits per heavy atom. The van der Waals surface area contributed by atoms with E-state index in [9.17, 15) is 13.2 Å². The van der Waals surface area contributed by atoms with Gasteiger partial charge in [0, 0.05) is 29.9 Å². The molecule has 136 valence electrons. The van der Waals surface area contributed by atoms with E-state index in [-0.39, 0.29) is 0 Å². The zero-order chi connectivity index (χ0) is 18.3. The van der Waals surface area contributed by atoms with Gasteiger partial charge in [0.05, 0.1) is 11.6 Å². The molecule has 4 nitrogen and oxygen atoms in total. The fourth-order valence-electron chi connectivity index (χ4n) is 1.99. The van der Waals surface area contributed by atoms with E-state index in [1.807, 2.05) is 25.1 Å². The molecule has 0 unspecified atom stereocenters. The molecule has 0 aliphatic heterocycles. The Bertz CT molecular complexity index is 715. The molecule has 0 spiro atoms. The molecule has 2 rings (SSSR count). The molecule has 0 bridgehead atoms. The molecule has 2 N–H and O–H groups in total. The van der Waals surface area contributed by atoms with Crippen LogP contribution in [0.1, 0.15) is 23.2 Å². The minimum absolute atomic E-state index is 0.391. The van der Waals surface area contributed by atoms with E-state index in [1.165, 1.54) is 0 Å². The Morgan fingerprint density at radius 2 is 2.12 bits per heavy atom. The molecular weight excluding hydrogens is 373 g/mol. The van der Waals surface area contributed by atoms with Gasteiger partial charge in [0.25, 0.3) is 0 Å². The molecule has 1 aromatic heterocycles. The molecule has 0 amide bonds. The minimum atomic E-state index is -4.39. The van der Waals surface area contributed by atoms with Crippen LogP contribution in [0.5, 0.6) is 0 Å². The number of hydrogen-bond acceptors (Lipinski definition) is 3. The molecule has 0 radical (unpaired) electrons. The summed E-state index contributed by atoms with van der Waals surface area (Å²) < 4.78 is 37.6. The maximum absolute atomic E-state index is 12.5. The largest absolute Gasteiger partial charge is 0.434 e. The van der Waals surface area contributed by atoms with Crippen molar-refractivity contribution in [2.75, 3.05) is 13.1 Å². The van der Waals surface area contributed by atoms with Crippen LogP contribution in [-0.2, 0) is 19.1 Å². The lowest BCUT2D eigenvalue weighted by Gasteiger charge is -2.10. The number of thiazole rings is 1. The lowest BCUT2D eigenvalue weighted by molar-refractivity contribution is -0.140. The van der Waals surface area contributed by atoms with E-state index in [1.54, 1.807) is 6.07 Å². The summed E-state index contributed by atoms with van der Waals surface area (Å²) in [5.41, 5.74) is 0.133. The van der Waals surface area contributed by atoms with Gasteiger partial charge >= 0.3 is 6.18 Å². The van der Waals surface area contributed by atoms with E-state index in [4.69, 9.17) is 11.6 Å². The first-order valence-electron chi connectivity index (χ1n) is 7.66. The molecule has 0 saturated carbocycles. The highest BCUT2D eigenvalue weighted by molar-refractivity contribution is 7.09. The van der Waals surface area contributed by atoms with Crippen LogP contribution in [0, 0.1) is 0 Å². The van der Waals surface area contributed by atoms with Gasteiger partial charge in [0.2, 0.25) is 0 Å². The Morgan fingerprint density at radius 1 is 1.32 bits per heavy atom. The van der Waals surface area contributed by atoms with Gasteiger partial charge in [-0.15, -0.1) is 11.3 Å². The van der Waals surface area contributed by atoms with Crippen molar-refractivity contribution < 1.29 is 13.2 Å². The van der Waals surface area contributed by atoms with Crippen LogP contribution in [0.15, 0.2) is 34.6 Å². The second kappa shape index (κ2) is 9.05. The van der Waals surface area contributed by atoms with Crippen LogP contribution in [0.4, 0.5) is 13.2 Å². The summed E-state index contributed by atoms with van der Waals surface area (Å²) in [7, 11) is 0. The van der Waals surface area contributed by atoms with Crippen molar-refractivity contribution in [2.45, 2.75) is 26.1 Å². The lowest BCUT2D eigenvalue weighted by Crippen LogP contribution is -2.38. The third-order valence-corrected chi connectivity index (χ3v) is 4.27. The maximum atomic E-state index is 12.5. The van der Waals surface area contributed by atoms with Crippen molar-refractivity contribution in [1.29, 1.82) is 0 Å². The summed E-state index contributed by atoms with van der Waals surface area (Å²) in [5.74, 6) is 0.593. The highest BCUT2D eigenvalue weighted by Gasteiger charge is 2.33. The molecule has 2 aromatic rings. The average Bonchev–Trinajstić information content (AvgIpc) is 3.02. The van der Waals surface area contributed by atoms with Gasteiger partial charge < -0.3 is 10.6 Å². The van der Waals surface area contributed by atoms with Crippen LogP contribution in [0.25, 0.3) is 0 Å². The van der Waals surface area contributed by atoms with Gasteiger partial charge in [-0.3, -0.25) is 0 Å². The number of nitrogens with one attached hydrogen (secondary N) is 2. The average molecular weight is 391 g/mol. The number of guanidine groups is 1. The predicted molar refractivity (Wildman–Crippen MR) is 95.1 cm³/mol. The quantitative estimate of drug-likeness (QED) is 0.576. The summed E-state index contributed by atoms with van der Waals surface area (Å²) >= 11 is 6.95. The minimum Gasteiger partial charge on any atom is -0.357 e. The summed E-state index contributed by atoms with van der Waals surface area (Å²) in [6.45, 7) is 3.50. The number of nitrogens with zero attached hydrogens (tertiary/aromatic N) is 2. The summed E-state index contributed by atoms with van der Waals surface area (Å²) in [6, 6.07) is 7.41. The molecule has 0 aliphatic carbocycles. The van der Waals surface area contributed by atoms with Crippen molar-refractivity contribution in [2.24, 2.45) is 4.99 Å².